The van der Waals surface area contributed by atoms with Gasteiger partial charge in [0.05, 0.1) is 17.7 Å². The molecule has 1 atom stereocenters. The summed E-state index contributed by atoms with van der Waals surface area (Å²) in [5.74, 6) is 1.14. The first-order chi connectivity index (χ1) is 16.7. The minimum atomic E-state index is -0.0353. The summed E-state index contributed by atoms with van der Waals surface area (Å²) < 4.78 is 11.0. The fourth-order valence-electron chi connectivity index (χ4n) is 4.81. The molecule has 1 saturated heterocycles. The third kappa shape index (κ3) is 5.26. The Bertz CT molecular complexity index is 1140. The van der Waals surface area contributed by atoms with E-state index in [2.05, 4.69) is 44.9 Å². The van der Waals surface area contributed by atoms with Crippen LogP contribution in [0.25, 0.3) is 6.08 Å². The molecule has 7 heteroatoms. The minimum Gasteiger partial charge on any atom is -0.496 e. The fourth-order valence-corrected chi connectivity index (χ4v) is 5.83. The molecule has 0 radical (unpaired) electrons. The van der Waals surface area contributed by atoms with Crippen molar-refractivity contribution in [1.82, 2.24) is 4.90 Å². The lowest BCUT2D eigenvalue weighted by molar-refractivity contribution is -0.122. The first-order valence-corrected chi connectivity index (χ1v) is 12.9. The van der Waals surface area contributed by atoms with Gasteiger partial charge >= 0.3 is 0 Å². The average molecular weight is 494 g/mol. The molecule has 1 amide bonds. The van der Waals surface area contributed by atoms with Gasteiger partial charge in [-0.15, -0.1) is 0 Å². The van der Waals surface area contributed by atoms with Crippen LogP contribution in [-0.2, 0) is 9.53 Å². The van der Waals surface area contributed by atoms with Crippen molar-refractivity contribution >= 4 is 40.3 Å². The number of methoxy groups -OCH3 is 2. The van der Waals surface area contributed by atoms with Gasteiger partial charge < -0.3 is 14.4 Å². The van der Waals surface area contributed by atoms with Gasteiger partial charge in [-0.05, 0) is 74.2 Å². The largest absolute Gasteiger partial charge is 0.496 e. The summed E-state index contributed by atoms with van der Waals surface area (Å²) >= 11 is 1.41. The van der Waals surface area contributed by atoms with Crippen LogP contribution in [0.3, 0.4) is 0 Å². The maximum atomic E-state index is 13.5. The van der Waals surface area contributed by atoms with Crippen molar-refractivity contribution in [2.75, 3.05) is 39.3 Å². The lowest BCUT2D eigenvalue weighted by atomic mass is 9.80. The Balaban J connectivity index is 1.72. The highest BCUT2D eigenvalue weighted by molar-refractivity contribution is 8.18. The number of carbonyl (C=O) groups excluding carboxylic acids is 1. The molecule has 0 aromatic heterocycles. The molecule has 1 unspecified atom stereocenters. The van der Waals surface area contributed by atoms with Crippen LogP contribution in [0.4, 0.5) is 11.4 Å². The van der Waals surface area contributed by atoms with E-state index in [0.717, 1.165) is 29.8 Å². The van der Waals surface area contributed by atoms with Crippen molar-refractivity contribution in [2.24, 2.45) is 4.99 Å². The number of benzene rings is 2. The Morgan fingerprint density at radius 3 is 2.63 bits per heavy atom. The molecule has 0 spiro atoms. The van der Waals surface area contributed by atoms with E-state index in [0.29, 0.717) is 29.1 Å². The summed E-state index contributed by atoms with van der Waals surface area (Å²) in [4.78, 5) is 23.0. The summed E-state index contributed by atoms with van der Waals surface area (Å²) in [6.07, 6.45) is 3.76. The molecule has 2 aromatic rings. The molecular formula is C28H35N3O3S. The lowest BCUT2D eigenvalue weighted by Gasteiger charge is -2.45. The van der Waals surface area contributed by atoms with Crippen molar-refractivity contribution < 1.29 is 14.3 Å². The van der Waals surface area contributed by atoms with Gasteiger partial charge in [0.2, 0.25) is 0 Å². The molecular weight excluding hydrogens is 458 g/mol. The summed E-state index contributed by atoms with van der Waals surface area (Å²) in [5.41, 5.74) is 4.28. The molecule has 0 N–H and O–H groups in total. The Morgan fingerprint density at radius 2 is 1.94 bits per heavy atom. The molecule has 186 valence electrons. The first kappa shape index (κ1) is 25.3. The van der Waals surface area contributed by atoms with Crippen LogP contribution in [0, 0.1) is 0 Å². The Hall–Kier alpha value is -2.77. The highest BCUT2D eigenvalue weighted by Crippen LogP contribution is 2.46. The summed E-state index contributed by atoms with van der Waals surface area (Å²) in [6.45, 7) is 7.96. The van der Waals surface area contributed by atoms with Crippen LogP contribution < -0.4 is 9.64 Å². The average Bonchev–Trinajstić information content (AvgIpc) is 3.12. The number of thioether (sulfide) groups is 1. The van der Waals surface area contributed by atoms with Gasteiger partial charge in [-0.1, -0.05) is 25.1 Å². The zero-order chi connectivity index (χ0) is 25.2. The molecule has 2 aromatic carbocycles. The molecule has 0 aliphatic carbocycles. The maximum Gasteiger partial charge on any atom is 0.266 e. The zero-order valence-corrected chi connectivity index (χ0v) is 22.3. The third-order valence-electron chi connectivity index (χ3n) is 6.87. The lowest BCUT2D eigenvalue weighted by Crippen LogP contribution is -2.45. The molecule has 2 aliphatic heterocycles. The number of aliphatic imine (C=N–C) groups is 1. The second-order valence-electron chi connectivity index (χ2n) is 9.77. The summed E-state index contributed by atoms with van der Waals surface area (Å²) in [6, 6.07) is 14.0. The van der Waals surface area contributed by atoms with E-state index in [1.54, 1.807) is 19.1 Å². The Kier molecular flexibility index (Phi) is 7.57. The quantitative estimate of drug-likeness (QED) is 0.347. The van der Waals surface area contributed by atoms with Gasteiger partial charge in [0.15, 0.2) is 5.17 Å². The monoisotopic (exact) mass is 493 g/mol. The van der Waals surface area contributed by atoms with Crippen LogP contribution in [0.5, 0.6) is 5.75 Å². The predicted molar refractivity (Wildman–Crippen MR) is 146 cm³/mol. The van der Waals surface area contributed by atoms with Gasteiger partial charge in [-0.25, -0.2) is 4.99 Å². The standard InChI is InChI=1S/C28H35N3O3S/c1-19-18-28(2,3)30(4)23-17-24(34-6)20(15-22(19)23)16-25-26(32)31(13-10-14-33-5)27(35-25)29-21-11-8-7-9-12-21/h7-9,11-12,15-17,19H,10,13-14,18H2,1-6H3/b25-16+,29-27?. The van der Waals surface area contributed by atoms with Gasteiger partial charge in [0, 0.05) is 50.2 Å². The summed E-state index contributed by atoms with van der Waals surface area (Å²) in [7, 11) is 5.50. The molecule has 0 saturated carbocycles. The molecule has 35 heavy (non-hydrogen) atoms. The molecule has 6 nitrogen and oxygen atoms in total. The molecule has 4 rings (SSSR count). The predicted octanol–water partition coefficient (Wildman–Crippen LogP) is 6.06. The second-order valence-corrected chi connectivity index (χ2v) is 10.8. The number of hydrogen-bond acceptors (Lipinski definition) is 6. The van der Waals surface area contributed by atoms with E-state index < -0.39 is 0 Å². The normalized spacial score (nSPS) is 21.7. The Labute approximate surface area is 213 Å². The van der Waals surface area contributed by atoms with Crippen LogP contribution in [0.1, 0.15) is 50.7 Å². The van der Waals surface area contributed by atoms with E-state index in [9.17, 15) is 4.79 Å². The summed E-state index contributed by atoms with van der Waals surface area (Å²) in [5, 5.41) is 0.690. The van der Waals surface area contributed by atoms with Crippen LogP contribution in [0.15, 0.2) is 52.4 Å². The van der Waals surface area contributed by atoms with Crippen LogP contribution in [0.2, 0.25) is 0 Å². The fraction of sp³-hybridized carbons (Fsp3) is 0.429. The SMILES string of the molecule is COCCCN1C(=O)/C(=C\c2cc3c(cc2OC)N(C)C(C)(C)CC3C)SC1=Nc1ccccc1. The second kappa shape index (κ2) is 10.5. The zero-order valence-electron chi connectivity index (χ0n) is 21.5. The van der Waals surface area contributed by atoms with Crippen molar-refractivity contribution in [3.05, 3.63) is 58.5 Å². The third-order valence-corrected chi connectivity index (χ3v) is 7.88. The van der Waals surface area contributed by atoms with Crippen molar-refractivity contribution in [3.63, 3.8) is 0 Å². The van der Waals surface area contributed by atoms with E-state index in [4.69, 9.17) is 14.5 Å². The smallest absolute Gasteiger partial charge is 0.266 e. The number of amidine groups is 1. The van der Waals surface area contributed by atoms with Crippen molar-refractivity contribution in [1.29, 1.82) is 0 Å². The number of rotatable bonds is 7. The highest BCUT2D eigenvalue weighted by Gasteiger charge is 2.36. The van der Waals surface area contributed by atoms with Crippen molar-refractivity contribution in [3.8, 4) is 5.75 Å². The highest BCUT2D eigenvalue weighted by atomic mass is 32.2. The van der Waals surface area contributed by atoms with E-state index in [1.165, 1.54) is 23.0 Å². The molecule has 2 aliphatic rings. The first-order valence-electron chi connectivity index (χ1n) is 12.0. The van der Waals surface area contributed by atoms with E-state index >= 15 is 0 Å². The van der Waals surface area contributed by atoms with Gasteiger partial charge in [0.1, 0.15) is 5.75 Å². The topological polar surface area (TPSA) is 54.4 Å². The number of fused-ring (bicyclic) bond motifs is 1. The van der Waals surface area contributed by atoms with E-state index in [1.807, 2.05) is 36.4 Å². The van der Waals surface area contributed by atoms with Crippen LogP contribution in [-0.4, -0.2) is 55.9 Å². The number of ether oxygens (including phenoxy) is 2. The molecule has 2 heterocycles. The van der Waals surface area contributed by atoms with Gasteiger partial charge in [0.25, 0.3) is 5.91 Å². The number of amides is 1. The van der Waals surface area contributed by atoms with Gasteiger partial charge in [-0.3, -0.25) is 9.69 Å². The number of hydrogen-bond donors (Lipinski definition) is 0. The van der Waals surface area contributed by atoms with Crippen LogP contribution >= 0.6 is 11.8 Å². The minimum absolute atomic E-state index is 0.0353. The number of nitrogens with zero attached hydrogens (tertiary/aromatic N) is 3. The molecule has 1 fully saturated rings. The number of para-hydroxylation sites is 1. The van der Waals surface area contributed by atoms with E-state index in [-0.39, 0.29) is 11.4 Å². The number of carbonyl (C=O) groups is 1. The molecule has 0 bridgehead atoms. The van der Waals surface area contributed by atoms with Crippen molar-refractivity contribution in [2.45, 2.75) is 45.1 Å². The number of anilines is 1. The maximum absolute atomic E-state index is 13.5. The Morgan fingerprint density at radius 1 is 1.20 bits per heavy atom. The van der Waals surface area contributed by atoms with Gasteiger partial charge in [-0.2, -0.15) is 0 Å².